The number of nitriles is 1. The molecule has 0 aliphatic rings. The van der Waals surface area contributed by atoms with E-state index in [1.54, 1.807) is 11.9 Å². The SMILES string of the molecule is CC(NC(=O)/C(C#N)=C\N(C)CCO)c1ccccc1. The highest BCUT2D eigenvalue weighted by Gasteiger charge is 2.14. The molecule has 20 heavy (non-hydrogen) atoms. The minimum absolute atomic E-state index is 0.0173. The number of nitrogens with one attached hydrogen (secondary N) is 1. The fourth-order valence-corrected chi connectivity index (χ4v) is 1.68. The second kappa shape index (κ2) is 7.97. The number of aliphatic hydroxyl groups excluding tert-OH is 1. The maximum absolute atomic E-state index is 12.0. The Morgan fingerprint density at radius 1 is 1.50 bits per heavy atom. The molecule has 0 radical (unpaired) electrons. The van der Waals surface area contributed by atoms with E-state index in [9.17, 15) is 4.79 Å². The molecular weight excluding hydrogens is 254 g/mol. The van der Waals surface area contributed by atoms with Gasteiger partial charge in [-0.2, -0.15) is 5.26 Å². The predicted molar refractivity (Wildman–Crippen MR) is 76.4 cm³/mol. The number of rotatable bonds is 6. The summed E-state index contributed by atoms with van der Waals surface area (Å²) >= 11 is 0. The van der Waals surface area contributed by atoms with Crippen molar-refractivity contribution in [3.63, 3.8) is 0 Å². The van der Waals surface area contributed by atoms with Crippen molar-refractivity contribution in [1.29, 1.82) is 5.26 Å². The molecule has 0 aliphatic carbocycles. The van der Waals surface area contributed by atoms with E-state index in [1.807, 2.05) is 43.3 Å². The zero-order valence-corrected chi connectivity index (χ0v) is 11.7. The van der Waals surface area contributed by atoms with Gasteiger partial charge in [-0.25, -0.2) is 0 Å². The van der Waals surface area contributed by atoms with Gasteiger partial charge in [0.25, 0.3) is 5.91 Å². The van der Waals surface area contributed by atoms with Gasteiger partial charge >= 0.3 is 0 Å². The van der Waals surface area contributed by atoms with Crippen LogP contribution in [-0.4, -0.2) is 36.1 Å². The Balaban J connectivity index is 2.71. The molecule has 0 saturated carbocycles. The average Bonchev–Trinajstić information content (AvgIpc) is 2.45. The third-order valence-corrected chi connectivity index (χ3v) is 2.81. The van der Waals surface area contributed by atoms with Crippen LogP contribution in [0.1, 0.15) is 18.5 Å². The zero-order chi connectivity index (χ0) is 15.0. The molecule has 1 amide bonds. The van der Waals surface area contributed by atoms with E-state index in [4.69, 9.17) is 10.4 Å². The van der Waals surface area contributed by atoms with Gasteiger partial charge in [0.15, 0.2) is 0 Å². The first-order valence-corrected chi connectivity index (χ1v) is 6.37. The fraction of sp³-hybridized carbons (Fsp3) is 0.333. The summed E-state index contributed by atoms with van der Waals surface area (Å²) in [4.78, 5) is 13.6. The molecule has 5 nitrogen and oxygen atoms in total. The first-order chi connectivity index (χ1) is 9.58. The summed E-state index contributed by atoms with van der Waals surface area (Å²) in [7, 11) is 1.70. The summed E-state index contributed by atoms with van der Waals surface area (Å²) in [6.07, 6.45) is 1.43. The molecule has 0 fully saturated rings. The molecular formula is C15H19N3O2. The maximum Gasteiger partial charge on any atom is 0.263 e. The number of nitrogens with zero attached hydrogens (tertiary/aromatic N) is 2. The summed E-state index contributed by atoms with van der Waals surface area (Å²) in [6, 6.07) is 11.2. The third kappa shape index (κ3) is 4.75. The predicted octanol–water partition coefficient (Wildman–Crippen LogP) is 1.20. The lowest BCUT2D eigenvalue weighted by Gasteiger charge is -2.16. The van der Waals surface area contributed by atoms with Gasteiger partial charge in [-0.15, -0.1) is 0 Å². The first-order valence-electron chi connectivity index (χ1n) is 6.37. The maximum atomic E-state index is 12.0. The van der Waals surface area contributed by atoms with Crippen molar-refractivity contribution >= 4 is 5.91 Å². The lowest BCUT2D eigenvalue weighted by molar-refractivity contribution is -0.117. The Kier molecular flexibility index (Phi) is 6.27. The number of likely N-dealkylation sites (N-methyl/N-ethyl adjacent to an activating group) is 1. The smallest absolute Gasteiger partial charge is 0.263 e. The highest BCUT2D eigenvalue weighted by atomic mass is 16.3. The lowest BCUT2D eigenvalue weighted by atomic mass is 10.1. The third-order valence-electron chi connectivity index (χ3n) is 2.81. The summed E-state index contributed by atoms with van der Waals surface area (Å²) < 4.78 is 0. The highest BCUT2D eigenvalue weighted by molar-refractivity contribution is 5.97. The van der Waals surface area contributed by atoms with Crippen LogP contribution in [0.25, 0.3) is 0 Å². The number of carbonyl (C=O) groups excluding carboxylic acids is 1. The molecule has 0 spiro atoms. The minimum Gasteiger partial charge on any atom is -0.395 e. The van der Waals surface area contributed by atoms with E-state index in [0.717, 1.165) is 5.56 Å². The van der Waals surface area contributed by atoms with Gasteiger partial charge in [-0.3, -0.25) is 4.79 Å². The van der Waals surface area contributed by atoms with Gasteiger partial charge in [0.2, 0.25) is 0 Å². The van der Waals surface area contributed by atoms with Crippen LogP contribution < -0.4 is 5.32 Å². The molecule has 1 aromatic rings. The Hall–Kier alpha value is -2.32. The molecule has 1 unspecified atom stereocenters. The van der Waals surface area contributed by atoms with Crippen LogP contribution in [0.4, 0.5) is 0 Å². The lowest BCUT2D eigenvalue weighted by Crippen LogP contribution is -2.29. The number of amides is 1. The zero-order valence-electron chi connectivity index (χ0n) is 11.7. The molecule has 0 aliphatic heterocycles. The van der Waals surface area contributed by atoms with Crippen molar-refractivity contribution in [2.24, 2.45) is 0 Å². The number of hydrogen-bond acceptors (Lipinski definition) is 4. The quantitative estimate of drug-likeness (QED) is 0.603. The largest absolute Gasteiger partial charge is 0.395 e. The standard InChI is InChI=1S/C15H19N3O2/c1-12(13-6-4-3-5-7-13)17-15(20)14(10-16)11-18(2)8-9-19/h3-7,11-12,19H,8-9H2,1-2H3,(H,17,20)/b14-11-. The van der Waals surface area contributed by atoms with Crippen molar-refractivity contribution in [3.05, 3.63) is 47.7 Å². The topological polar surface area (TPSA) is 76.4 Å². The molecule has 0 bridgehead atoms. The summed E-state index contributed by atoms with van der Waals surface area (Å²) in [5, 5.41) is 20.6. The van der Waals surface area contributed by atoms with Gasteiger partial charge in [0.1, 0.15) is 11.6 Å². The summed E-state index contributed by atoms with van der Waals surface area (Å²) in [5.74, 6) is -0.423. The van der Waals surface area contributed by atoms with Crippen LogP contribution in [0, 0.1) is 11.3 Å². The number of aliphatic hydroxyl groups is 1. The summed E-state index contributed by atoms with van der Waals surface area (Å²) in [6.45, 7) is 2.19. The number of hydrogen-bond donors (Lipinski definition) is 2. The molecule has 0 heterocycles. The molecule has 106 valence electrons. The van der Waals surface area contributed by atoms with Crippen molar-refractivity contribution in [1.82, 2.24) is 10.2 Å². The first kappa shape index (κ1) is 15.7. The van der Waals surface area contributed by atoms with Gasteiger partial charge in [-0.1, -0.05) is 30.3 Å². The molecule has 0 aromatic heterocycles. The fourth-order valence-electron chi connectivity index (χ4n) is 1.68. The van der Waals surface area contributed by atoms with E-state index in [1.165, 1.54) is 6.20 Å². The summed E-state index contributed by atoms with van der Waals surface area (Å²) in [5.41, 5.74) is 0.991. The molecule has 0 saturated heterocycles. The van der Waals surface area contributed by atoms with Gasteiger partial charge in [0, 0.05) is 19.8 Å². The molecule has 2 N–H and O–H groups in total. The van der Waals surface area contributed by atoms with Gasteiger partial charge in [0.05, 0.1) is 12.6 Å². The Morgan fingerprint density at radius 2 is 2.15 bits per heavy atom. The van der Waals surface area contributed by atoms with E-state index < -0.39 is 5.91 Å². The van der Waals surface area contributed by atoms with Crippen molar-refractivity contribution in [2.45, 2.75) is 13.0 Å². The monoisotopic (exact) mass is 273 g/mol. The van der Waals surface area contributed by atoms with Crippen molar-refractivity contribution in [2.75, 3.05) is 20.2 Å². The Bertz CT molecular complexity index is 506. The van der Waals surface area contributed by atoms with Crippen LogP contribution in [0.2, 0.25) is 0 Å². The van der Waals surface area contributed by atoms with Crippen molar-refractivity contribution in [3.8, 4) is 6.07 Å². The number of carbonyl (C=O) groups is 1. The van der Waals surface area contributed by atoms with E-state index in [-0.39, 0.29) is 18.2 Å². The molecule has 5 heteroatoms. The number of benzene rings is 1. The van der Waals surface area contributed by atoms with E-state index in [0.29, 0.717) is 6.54 Å². The normalized spacial score (nSPS) is 12.4. The van der Waals surface area contributed by atoms with E-state index >= 15 is 0 Å². The van der Waals surface area contributed by atoms with E-state index in [2.05, 4.69) is 5.32 Å². The Labute approximate surface area is 119 Å². The average molecular weight is 273 g/mol. The van der Waals surface area contributed by atoms with Crippen LogP contribution >= 0.6 is 0 Å². The van der Waals surface area contributed by atoms with Crippen LogP contribution in [-0.2, 0) is 4.79 Å². The van der Waals surface area contributed by atoms with Crippen LogP contribution in [0.15, 0.2) is 42.1 Å². The second-order valence-corrected chi connectivity index (χ2v) is 4.46. The molecule has 1 atom stereocenters. The van der Waals surface area contributed by atoms with Gasteiger partial charge in [-0.05, 0) is 12.5 Å². The second-order valence-electron chi connectivity index (χ2n) is 4.46. The van der Waals surface area contributed by atoms with Crippen molar-refractivity contribution < 1.29 is 9.90 Å². The van der Waals surface area contributed by atoms with Crippen LogP contribution in [0.5, 0.6) is 0 Å². The molecule has 1 rings (SSSR count). The van der Waals surface area contributed by atoms with Gasteiger partial charge < -0.3 is 15.3 Å². The Morgan fingerprint density at radius 3 is 2.70 bits per heavy atom. The molecule has 1 aromatic carbocycles. The highest BCUT2D eigenvalue weighted by Crippen LogP contribution is 2.11. The minimum atomic E-state index is -0.423. The van der Waals surface area contributed by atoms with Crippen LogP contribution in [0.3, 0.4) is 0 Å².